The number of hydrogen-bond acceptors (Lipinski definition) is 4. The number of oxazole rings is 1. The molecule has 0 aliphatic heterocycles. The number of rotatable bonds is 3. The summed E-state index contributed by atoms with van der Waals surface area (Å²) in [5.41, 5.74) is 3.00. The van der Waals surface area contributed by atoms with Crippen LogP contribution in [0, 0.1) is 0 Å². The summed E-state index contributed by atoms with van der Waals surface area (Å²) < 4.78 is 7.86. The molecule has 5 nitrogen and oxygen atoms in total. The summed E-state index contributed by atoms with van der Waals surface area (Å²) in [4.78, 5) is 17.5. The number of halogens is 1. The third kappa shape index (κ3) is 3.45. The van der Waals surface area contributed by atoms with E-state index in [0.29, 0.717) is 16.8 Å². The second-order valence-corrected chi connectivity index (χ2v) is 8.65. The normalized spacial score (nSPS) is 11.3. The van der Waals surface area contributed by atoms with Crippen molar-refractivity contribution >= 4 is 37.5 Å². The zero-order chi connectivity index (χ0) is 22.4. The van der Waals surface area contributed by atoms with E-state index in [1.807, 2.05) is 84.9 Å². The molecule has 2 aromatic heterocycles. The van der Waals surface area contributed by atoms with Crippen LogP contribution in [0.4, 0.5) is 0 Å². The number of nitrogens with zero attached hydrogens (tertiary/aromatic N) is 3. The van der Waals surface area contributed by atoms with E-state index in [1.54, 1.807) is 6.20 Å². The smallest absolute Gasteiger partial charge is 0.279 e. The van der Waals surface area contributed by atoms with Gasteiger partial charge in [-0.2, -0.15) is 9.78 Å². The van der Waals surface area contributed by atoms with Gasteiger partial charge >= 0.3 is 0 Å². The molecule has 0 spiro atoms. The first-order valence-corrected chi connectivity index (χ1v) is 11.2. The summed E-state index contributed by atoms with van der Waals surface area (Å²) >= 11 is 3.61. The Bertz CT molecular complexity index is 1700. The lowest BCUT2D eigenvalue weighted by Gasteiger charge is -2.13. The fourth-order valence-corrected chi connectivity index (χ4v) is 4.61. The Morgan fingerprint density at radius 3 is 2.36 bits per heavy atom. The summed E-state index contributed by atoms with van der Waals surface area (Å²) in [6, 6.07) is 27.5. The third-order valence-electron chi connectivity index (χ3n) is 5.67. The molecule has 0 N–H and O–H groups in total. The molecular formula is C27H16BrN3O2. The van der Waals surface area contributed by atoms with Gasteiger partial charge in [0.15, 0.2) is 12.2 Å². The van der Waals surface area contributed by atoms with Crippen molar-refractivity contribution in [2.75, 3.05) is 0 Å². The molecule has 6 heteroatoms. The first kappa shape index (κ1) is 19.6. The Balaban J connectivity index is 1.63. The van der Waals surface area contributed by atoms with Gasteiger partial charge in [-0.3, -0.25) is 4.79 Å². The molecule has 0 bridgehead atoms. The average Bonchev–Trinajstić information content (AvgIpc) is 3.39. The average molecular weight is 494 g/mol. The topological polar surface area (TPSA) is 60.9 Å². The van der Waals surface area contributed by atoms with E-state index in [-0.39, 0.29) is 5.56 Å². The van der Waals surface area contributed by atoms with Crippen molar-refractivity contribution in [3.63, 3.8) is 0 Å². The second kappa shape index (κ2) is 7.83. The Morgan fingerprint density at radius 1 is 0.788 bits per heavy atom. The molecule has 0 unspecified atom stereocenters. The molecule has 0 saturated heterocycles. The maximum Gasteiger partial charge on any atom is 0.279 e. The molecular weight excluding hydrogens is 478 g/mol. The van der Waals surface area contributed by atoms with Gasteiger partial charge in [0.05, 0.1) is 23.0 Å². The summed E-state index contributed by atoms with van der Waals surface area (Å²) in [7, 11) is 0. The van der Waals surface area contributed by atoms with E-state index < -0.39 is 0 Å². The van der Waals surface area contributed by atoms with Crippen LogP contribution in [-0.2, 0) is 0 Å². The maximum absolute atomic E-state index is 13.4. The molecule has 0 saturated carbocycles. The van der Waals surface area contributed by atoms with E-state index in [0.717, 1.165) is 37.4 Å². The Kier molecular flexibility index (Phi) is 4.66. The number of aromatic nitrogens is 3. The van der Waals surface area contributed by atoms with Crippen molar-refractivity contribution in [2.45, 2.75) is 0 Å². The summed E-state index contributed by atoms with van der Waals surface area (Å²) in [6.07, 6.45) is 3.08. The molecule has 0 fully saturated rings. The van der Waals surface area contributed by atoms with Gasteiger partial charge in [-0.1, -0.05) is 64.5 Å². The molecule has 6 rings (SSSR count). The Morgan fingerprint density at radius 2 is 1.55 bits per heavy atom. The van der Waals surface area contributed by atoms with Gasteiger partial charge in [0.1, 0.15) is 0 Å². The monoisotopic (exact) mass is 493 g/mol. The molecule has 0 aliphatic carbocycles. The first-order chi connectivity index (χ1) is 16.2. The lowest BCUT2D eigenvalue weighted by molar-refractivity contribution is 0.572. The standard InChI is InChI=1S/C27H16BrN3O2/c28-21-12-19(25-15-29-16-33-25)11-20(13-21)26-23-7-3-4-8-24(23)27(32)31(30-26)22-10-9-17-5-1-2-6-18(17)14-22/h1-16H. The number of hydrogen-bond donors (Lipinski definition) is 0. The molecule has 0 atom stereocenters. The largest absolute Gasteiger partial charge is 0.444 e. The predicted molar refractivity (Wildman–Crippen MR) is 133 cm³/mol. The van der Waals surface area contributed by atoms with Crippen LogP contribution in [0.25, 0.3) is 49.8 Å². The van der Waals surface area contributed by atoms with Crippen molar-refractivity contribution in [1.29, 1.82) is 0 Å². The van der Waals surface area contributed by atoms with Gasteiger partial charge in [-0.15, -0.1) is 0 Å². The molecule has 0 radical (unpaired) electrons. The molecule has 2 heterocycles. The number of benzene rings is 4. The summed E-state index contributed by atoms with van der Waals surface area (Å²) in [5, 5.41) is 8.41. The maximum atomic E-state index is 13.4. The van der Waals surface area contributed by atoms with Crippen molar-refractivity contribution in [1.82, 2.24) is 14.8 Å². The van der Waals surface area contributed by atoms with Crippen molar-refractivity contribution in [3.8, 4) is 28.3 Å². The minimum Gasteiger partial charge on any atom is -0.444 e. The highest BCUT2D eigenvalue weighted by Gasteiger charge is 2.15. The Hall–Kier alpha value is -4.03. The van der Waals surface area contributed by atoms with Crippen LogP contribution < -0.4 is 5.56 Å². The van der Waals surface area contributed by atoms with E-state index in [9.17, 15) is 4.79 Å². The van der Waals surface area contributed by atoms with Crippen LogP contribution in [0.2, 0.25) is 0 Å². The highest BCUT2D eigenvalue weighted by atomic mass is 79.9. The van der Waals surface area contributed by atoms with Crippen molar-refractivity contribution in [2.24, 2.45) is 0 Å². The van der Waals surface area contributed by atoms with Crippen LogP contribution in [0.5, 0.6) is 0 Å². The van der Waals surface area contributed by atoms with Gasteiger partial charge < -0.3 is 4.42 Å². The fraction of sp³-hybridized carbons (Fsp3) is 0. The molecule has 0 amide bonds. The minimum absolute atomic E-state index is 0.157. The molecule has 33 heavy (non-hydrogen) atoms. The quantitative estimate of drug-likeness (QED) is 0.277. The SMILES string of the molecule is O=c1c2ccccc2c(-c2cc(Br)cc(-c3cnco3)c2)nn1-c1ccc2ccccc2c1. The lowest BCUT2D eigenvalue weighted by atomic mass is 10.0. The highest BCUT2D eigenvalue weighted by molar-refractivity contribution is 9.10. The van der Waals surface area contributed by atoms with Crippen LogP contribution in [0.3, 0.4) is 0 Å². The molecule has 0 aliphatic rings. The van der Waals surface area contributed by atoms with E-state index in [1.165, 1.54) is 11.1 Å². The molecule has 158 valence electrons. The van der Waals surface area contributed by atoms with Gasteiger partial charge in [0, 0.05) is 21.0 Å². The third-order valence-corrected chi connectivity index (χ3v) is 6.13. The minimum atomic E-state index is -0.157. The van der Waals surface area contributed by atoms with Gasteiger partial charge in [-0.25, -0.2) is 4.98 Å². The van der Waals surface area contributed by atoms with E-state index in [4.69, 9.17) is 9.52 Å². The predicted octanol–water partition coefficient (Wildman–Crippen LogP) is 6.62. The zero-order valence-corrected chi connectivity index (χ0v) is 18.9. The van der Waals surface area contributed by atoms with E-state index >= 15 is 0 Å². The Labute approximate surface area is 197 Å². The van der Waals surface area contributed by atoms with Crippen LogP contribution in [-0.4, -0.2) is 14.8 Å². The van der Waals surface area contributed by atoms with Crippen molar-refractivity contribution < 1.29 is 4.42 Å². The highest BCUT2D eigenvalue weighted by Crippen LogP contribution is 2.32. The van der Waals surface area contributed by atoms with Gasteiger partial charge in [0.2, 0.25) is 0 Å². The van der Waals surface area contributed by atoms with E-state index in [2.05, 4.69) is 20.9 Å². The van der Waals surface area contributed by atoms with Crippen LogP contribution in [0.15, 0.2) is 111 Å². The van der Waals surface area contributed by atoms with Gasteiger partial charge in [-0.05, 0) is 47.2 Å². The fourth-order valence-electron chi connectivity index (χ4n) is 4.11. The second-order valence-electron chi connectivity index (χ2n) is 7.74. The zero-order valence-electron chi connectivity index (χ0n) is 17.3. The summed E-state index contributed by atoms with van der Waals surface area (Å²) in [5.74, 6) is 0.657. The van der Waals surface area contributed by atoms with Crippen LogP contribution in [0.1, 0.15) is 0 Å². The molecule has 4 aromatic carbocycles. The van der Waals surface area contributed by atoms with Crippen LogP contribution >= 0.6 is 15.9 Å². The first-order valence-electron chi connectivity index (χ1n) is 10.4. The van der Waals surface area contributed by atoms with Gasteiger partial charge in [0.25, 0.3) is 5.56 Å². The summed E-state index contributed by atoms with van der Waals surface area (Å²) in [6.45, 7) is 0. The lowest BCUT2D eigenvalue weighted by Crippen LogP contribution is -2.22. The number of fused-ring (bicyclic) bond motifs is 2. The molecule has 6 aromatic rings. The van der Waals surface area contributed by atoms with Crippen molar-refractivity contribution in [3.05, 3.63) is 112 Å².